The van der Waals surface area contributed by atoms with Gasteiger partial charge in [0, 0.05) is 13.5 Å². The Morgan fingerprint density at radius 3 is 2.50 bits per heavy atom. The summed E-state index contributed by atoms with van der Waals surface area (Å²) in [6.07, 6.45) is 5.91. The first kappa shape index (κ1) is 12.6. The molecule has 2 rings (SSSR count). The number of benzene rings is 1. The summed E-state index contributed by atoms with van der Waals surface area (Å²) in [5.41, 5.74) is -0.830. The Morgan fingerprint density at radius 2 is 2.00 bits per heavy atom. The van der Waals surface area contributed by atoms with Crippen LogP contribution in [0.4, 0.5) is 0 Å². The molecule has 0 fully saturated rings. The van der Waals surface area contributed by atoms with Crippen LogP contribution < -0.4 is 4.74 Å². The number of carbonyl (C=O) groups excluding carboxylic acids is 1. The summed E-state index contributed by atoms with van der Waals surface area (Å²) in [4.78, 5) is 11.6. The van der Waals surface area contributed by atoms with Crippen LogP contribution in [0.1, 0.15) is 13.3 Å². The van der Waals surface area contributed by atoms with E-state index in [2.05, 4.69) is 0 Å². The summed E-state index contributed by atoms with van der Waals surface area (Å²) in [6, 6.07) is 9.54. The van der Waals surface area contributed by atoms with Crippen LogP contribution in [0.25, 0.3) is 0 Å². The zero-order valence-electron chi connectivity index (χ0n) is 10.6. The molecule has 3 nitrogen and oxygen atoms in total. The molecule has 0 aromatic heterocycles. The number of hydrogen-bond acceptors (Lipinski definition) is 3. The van der Waals surface area contributed by atoms with Crippen LogP contribution in [-0.2, 0) is 9.53 Å². The van der Waals surface area contributed by atoms with Gasteiger partial charge in [0.15, 0.2) is 5.78 Å². The minimum Gasteiger partial charge on any atom is -0.458 e. The zero-order chi connectivity index (χ0) is 13.0. The fraction of sp³-hybridized carbons (Fsp3) is 0.267. The van der Waals surface area contributed by atoms with E-state index in [-0.39, 0.29) is 5.78 Å². The zero-order valence-corrected chi connectivity index (χ0v) is 10.6. The number of para-hydroxylation sites is 1. The Kier molecular flexibility index (Phi) is 3.63. The van der Waals surface area contributed by atoms with E-state index in [0.29, 0.717) is 6.42 Å². The highest BCUT2D eigenvalue weighted by Gasteiger charge is 2.33. The highest BCUT2D eigenvalue weighted by Crippen LogP contribution is 2.26. The molecular formula is C15H16O3. The van der Waals surface area contributed by atoms with Crippen molar-refractivity contribution in [3.8, 4) is 5.75 Å². The van der Waals surface area contributed by atoms with Gasteiger partial charge in [-0.25, -0.2) is 0 Å². The first-order chi connectivity index (χ1) is 8.66. The lowest BCUT2D eigenvalue weighted by Crippen LogP contribution is -2.37. The molecule has 0 aliphatic heterocycles. The molecule has 1 aliphatic carbocycles. The van der Waals surface area contributed by atoms with Gasteiger partial charge < -0.3 is 9.47 Å². The van der Waals surface area contributed by atoms with Gasteiger partial charge in [-0.2, -0.15) is 0 Å². The van der Waals surface area contributed by atoms with Crippen LogP contribution in [0.2, 0.25) is 0 Å². The standard InChI is InChI=1S/C15H16O3/c1-12(16)15(17-2)10-8-14(9-11-15)18-13-6-4-3-5-7-13/h3-10H,11H2,1-2H3/t15-/m1/s1. The Bertz CT molecular complexity index is 488. The predicted molar refractivity (Wildman–Crippen MR) is 69.3 cm³/mol. The fourth-order valence-electron chi connectivity index (χ4n) is 1.86. The maximum Gasteiger partial charge on any atom is 0.165 e. The second-order valence-electron chi connectivity index (χ2n) is 4.21. The van der Waals surface area contributed by atoms with E-state index < -0.39 is 5.60 Å². The number of ether oxygens (including phenoxy) is 2. The molecule has 1 aromatic rings. The van der Waals surface area contributed by atoms with Crippen LogP contribution in [-0.4, -0.2) is 18.5 Å². The van der Waals surface area contributed by atoms with Crippen molar-refractivity contribution in [3.05, 3.63) is 54.3 Å². The molecule has 94 valence electrons. The summed E-state index contributed by atoms with van der Waals surface area (Å²) in [6.45, 7) is 1.53. The van der Waals surface area contributed by atoms with Gasteiger partial charge >= 0.3 is 0 Å². The van der Waals surface area contributed by atoms with Gasteiger partial charge in [0.05, 0.1) is 0 Å². The largest absolute Gasteiger partial charge is 0.458 e. The Balaban J connectivity index is 2.08. The molecule has 0 saturated carbocycles. The van der Waals surface area contributed by atoms with Gasteiger partial charge in [-0.05, 0) is 37.3 Å². The third kappa shape index (κ3) is 2.51. The molecule has 0 bridgehead atoms. The lowest BCUT2D eigenvalue weighted by molar-refractivity contribution is -0.133. The van der Waals surface area contributed by atoms with Crippen LogP contribution in [0.5, 0.6) is 5.75 Å². The average molecular weight is 244 g/mol. The summed E-state index contributed by atoms with van der Waals surface area (Å²) in [5.74, 6) is 1.51. The quantitative estimate of drug-likeness (QED) is 0.817. The number of rotatable bonds is 4. The van der Waals surface area contributed by atoms with E-state index in [4.69, 9.17) is 9.47 Å². The van der Waals surface area contributed by atoms with Crippen molar-refractivity contribution in [1.82, 2.24) is 0 Å². The molecule has 0 heterocycles. The van der Waals surface area contributed by atoms with Gasteiger partial charge in [0.1, 0.15) is 17.1 Å². The second kappa shape index (κ2) is 5.19. The number of methoxy groups -OCH3 is 1. The molecule has 1 aliphatic rings. The minimum atomic E-state index is -0.830. The summed E-state index contributed by atoms with van der Waals surface area (Å²) in [5, 5.41) is 0. The smallest absolute Gasteiger partial charge is 0.165 e. The maximum atomic E-state index is 11.6. The normalized spacial score (nSPS) is 22.4. The van der Waals surface area contributed by atoms with Crippen LogP contribution >= 0.6 is 0 Å². The fourth-order valence-corrected chi connectivity index (χ4v) is 1.86. The number of ketones is 1. The van der Waals surface area contributed by atoms with Gasteiger partial charge in [0.25, 0.3) is 0 Å². The molecule has 1 aromatic carbocycles. The molecule has 1 atom stereocenters. The highest BCUT2D eigenvalue weighted by atomic mass is 16.5. The van der Waals surface area contributed by atoms with E-state index in [1.165, 1.54) is 6.92 Å². The first-order valence-electron chi connectivity index (χ1n) is 5.85. The molecule has 3 heteroatoms. The third-order valence-corrected chi connectivity index (χ3v) is 3.06. The molecular weight excluding hydrogens is 228 g/mol. The summed E-state index contributed by atoms with van der Waals surface area (Å²) in [7, 11) is 1.54. The van der Waals surface area contributed by atoms with E-state index in [9.17, 15) is 4.79 Å². The molecule has 0 unspecified atom stereocenters. The SMILES string of the molecule is CO[C@]1(C(C)=O)C=CC(Oc2ccccc2)=CC1. The molecule has 0 N–H and O–H groups in total. The van der Waals surface area contributed by atoms with E-state index in [1.807, 2.05) is 36.4 Å². The van der Waals surface area contributed by atoms with Gasteiger partial charge in [0.2, 0.25) is 0 Å². The Morgan fingerprint density at radius 1 is 1.28 bits per heavy atom. The number of Topliss-reactive ketones (excluding diaryl/α,β-unsaturated/α-hetero) is 1. The van der Waals surface area contributed by atoms with Crippen LogP contribution in [0, 0.1) is 0 Å². The van der Waals surface area contributed by atoms with Gasteiger partial charge in [-0.3, -0.25) is 4.79 Å². The minimum absolute atomic E-state index is 0.00346. The Hall–Kier alpha value is -1.87. The van der Waals surface area contributed by atoms with Gasteiger partial charge in [-0.1, -0.05) is 18.2 Å². The number of carbonyl (C=O) groups is 1. The number of allylic oxidation sites excluding steroid dienone is 1. The average Bonchev–Trinajstić information content (AvgIpc) is 2.41. The van der Waals surface area contributed by atoms with Crippen LogP contribution in [0.3, 0.4) is 0 Å². The molecule has 0 amide bonds. The van der Waals surface area contributed by atoms with Crippen molar-refractivity contribution >= 4 is 5.78 Å². The van der Waals surface area contributed by atoms with E-state index >= 15 is 0 Å². The first-order valence-corrected chi connectivity index (χ1v) is 5.85. The molecule has 0 saturated heterocycles. The van der Waals surface area contributed by atoms with Crippen LogP contribution in [0.15, 0.2) is 54.3 Å². The third-order valence-electron chi connectivity index (χ3n) is 3.06. The highest BCUT2D eigenvalue weighted by molar-refractivity contribution is 5.87. The molecule has 0 spiro atoms. The monoisotopic (exact) mass is 244 g/mol. The lowest BCUT2D eigenvalue weighted by atomic mass is 9.90. The maximum absolute atomic E-state index is 11.6. The van der Waals surface area contributed by atoms with Gasteiger partial charge in [-0.15, -0.1) is 0 Å². The Labute approximate surface area is 107 Å². The topological polar surface area (TPSA) is 35.5 Å². The van der Waals surface area contributed by atoms with Crippen molar-refractivity contribution in [1.29, 1.82) is 0 Å². The van der Waals surface area contributed by atoms with E-state index in [0.717, 1.165) is 11.5 Å². The predicted octanol–water partition coefficient (Wildman–Crippen LogP) is 2.88. The second-order valence-corrected chi connectivity index (χ2v) is 4.21. The van der Waals surface area contributed by atoms with Crippen molar-refractivity contribution < 1.29 is 14.3 Å². The molecule has 18 heavy (non-hydrogen) atoms. The summed E-state index contributed by atoms with van der Waals surface area (Å²) < 4.78 is 11.0. The van der Waals surface area contributed by atoms with Crippen molar-refractivity contribution in [2.45, 2.75) is 18.9 Å². The summed E-state index contributed by atoms with van der Waals surface area (Å²) >= 11 is 0. The van der Waals surface area contributed by atoms with Crippen molar-refractivity contribution in [2.24, 2.45) is 0 Å². The van der Waals surface area contributed by atoms with Crippen molar-refractivity contribution in [3.63, 3.8) is 0 Å². The van der Waals surface area contributed by atoms with E-state index in [1.54, 1.807) is 19.3 Å². The number of hydrogen-bond donors (Lipinski definition) is 0. The van der Waals surface area contributed by atoms with Crippen molar-refractivity contribution in [2.75, 3.05) is 7.11 Å². The molecule has 0 radical (unpaired) electrons. The lowest BCUT2D eigenvalue weighted by Gasteiger charge is -2.27.